The summed E-state index contributed by atoms with van der Waals surface area (Å²) in [6.07, 6.45) is 3.61. The summed E-state index contributed by atoms with van der Waals surface area (Å²) >= 11 is 3.31. The van der Waals surface area contributed by atoms with E-state index in [1.54, 1.807) is 6.92 Å². The first-order valence-corrected chi connectivity index (χ1v) is 6.60. The molecule has 1 aromatic heterocycles. The van der Waals surface area contributed by atoms with Crippen molar-refractivity contribution in [2.75, 3.05) is 11.9 Å². The van der Waals surface area contributed by atoms with Gasteiger partial charge in [0.25, 0.3) is 0 Å². The van der Waals surface area contributed by atoms with Crippen LogP contribution in [0.15, 0.2) is 16.6 Å². The number of anilines is 1. The molecule has 1 saturated carbocycles. The third kappa shape index (κ3) is 2.97. The third-order valence-corrected chi connectivity index (χ3v) is 3.41. The lowest BCUT2D eigenvalue weighted by Gasteiger charge is -2.27. The second-order valence-electron chi connectivity index (χ2n) is 4.02. The van der Waals surface area contributed by atoms with Crippen LogP contribution in [0.1, 0.15) is 36.7 Å². The highest BCUT2D eigenvalue weighted by Gasteiger charge is 2.19. The summed E-state index contributed by atoms with van der Waals surface area (Å²) in [6.45, 7) is 2.13. The maximum absolute atomic E-state index is 11.6. The van der Waals surface area contributed by atoms with Gasteiger partial charge in [0.15, 0.2) is 5.69 Å². The SMILES string of the molecule is CCOC(=O)c1nc(NC2CCC2)ccc1Br. The fourth-order valence-electron chi connectivity index (χ4n) is 1.63. The lowest BCUT2D eigenvalue weighted by molar-refractivity contribution is 0.0518. The van der Waals surface area contributed by atoms with Crippen molar-refractivity contribution in [1.29, 1.82) is 0 Å². The van der Waals surface area contributed by atoms with Crippen molar-refractivity contribution in [1.82, 2.24) is 4.98 Å². The number of halogens is 1. The fraction of sp³-hybridized carbons (Fsp3) is 0.500. The van der Waals surface area contributed by atoms with E-state index < -0.39 is 5.97 Å². The smallest absolute Gasteiger partial charge is 0.358 e. The van der Waals surface area contributed by atoms with Gasteiger partial charge in [0.1, 0.15) is 5.82 Å². The molecule has 0 atom stereocenters. The molecule has 0 saturated heterocycles. The van der Waals surface area contributed by atoms with E-state index in [9.17, 15) is 4.79 Å². The standard InChI is InChI=1S/C12H15BrN2O2/c1-2-17-12(16)11-9(13)6-7-10(15-11)14-8-4-3-5-8/h6-8H,2-5H2,1H3,(H,14,15). The van der Waals surface area contributed by atoms with Gasteiger partial charge in [-0.1, -0.05) is 0 Å². The molecule has 5 heteroatoms. The van der Waals surface area contributed by atoms with Crippen molar-refractivity contribution in [2.45, 2.75) is 32.2 Å². The predicted molar refractivity (Wildman–Crippen MR) is 69.2 cm³/mol. The van der Waals surface area contributed by atoms with Crippen LogP contribution in [0.2, 0.25) is 0 Å². The van der Waals surface area contributed by atoms with Crippen LogP contribution >= 0.6 is 15.9 Å². The van der Waals surface area contributed by atoms with Crippen molar-refractivity contribution in [3.63, 3.8) is 0 Å². The largest absolute Gasteiger partial charge is 0.461 e. The molecule has 0 radical (unpaired) electrons. The van der Waals surface area contributed by atoms with Crippen LogP contribution in [-0.2, 0) is 4.74 Å². The van der Waals surface area contributed by atoms with E-state index in [1.165, 1.54) is 19.3 Å². The fourth-order valence-corrected chi connectivity index (χ4v) is 2.01. The first-order chi connectivity index (χ1) is 8.20. The Kier molecular flexibility index (Phi) is 3.99. The first-order valence-electron chi connectivity index (χ1n) is 5.81. The van der Waals surface area contributed by atoms with Gasteiger partial charge in [-0.2, -0.15) is 0 Å². The number of carbonyl (C=O) groups is 1. The van der Waals surface area contributed by atoms with Gasteiger partial charge in [0.2, 0.25) is 0 Å². The summed E-state index contributed by atoms with van der Waals surface area (Å²) in [5, 5.41) is 3.30. The Morgan fingerprint density at radius 2 is 2.35 bits per heavy atom. The summed E-state index contributed by atoms with van der Waals surface area (Å²) in [6, 6.07) is 4.18. The van der Waals surface area contributed by atoms with Crippen molar-refractivity contribution < 1.29 is 9.53 Å². The molecule has 1 aromatic rings. The molecule has 0 aliphatic heterocycles. The quantitative estimate of drug-likeness (QED) is 0.868. The average Bonchev–Trinajstić information content (AvgIpc) is 2.25. The van der Waals surface area contributed by atoms with Gasteiger partial charge in [0, 0.05) is 6.04 Å². The second-order valence-corrected chi connectivity index (χ2v) is 4.87. The monoisotopic (exact) mass is 298 g/mol. The summed E-state index contributed by atoms with van der Waals surface area (Å²) in [7, 11) is 0. The Morgan fingerprint density at radius 3 is 2.94 bits per heavy atom. The molecule has 0 amide bonds. The lowest BCUT2D eigenvalue weighted by atomic mass is 9.93. The van der Waals surface area contributed by atoms with Crippen LogP contribution in [0.5, 0.6) is 0 Å². The van der Waals surface area contributed by atoms with Gasteiger partial charge in [-0.25, -0.2) is 9.78 Å². The van der Waals surface area contributed by atoms with E-state index in [0.29, 0.717) is 22.8 Å². The molecule has 1 heterocycles. The highest BCUT2D eigenvalue weighted by molar-refractivity contribution is 9.10. The molecule has 1 fully saturated rings. The van der Waals surface area contributed by atoms with Crippen molar-refractivity contribution in [3.05, 3.63) is 22.3 Å². The van der Waals surface area contributed by atoms with Crippen LogP contribution in [0.4, 0.5) is 5.82 Å². The number of hydrogen-bond acceptors (Lipinski definition) is 4. The third-order valence-electron chi connectivity index (χ3n) is 2.77. The number of nitrogens with one attached hydrogen (secondary N) is 1. The Bertz CT molecular complexity index is 419. The Labute approximate surface area is 109 Å². The summed E-state index contributed by atoms with van der Waals surface area (Å²) in [4.78, 5) is 15.9. The number of ether oxygens (including phenoxy) is 1. The van der Waals surface area contributed by atoms with E-state index in [-0.39, 0.29) is 0 Å². The molecule has 1 N–H and O–H groups in total. The van der Waals surface area contributed by atoms with Gasteiger partial charge in [-0.3, -0.25) is 0 Å². The highest BCUT2D eigenvalue weighted by Crippen LogP contribution is 2.24. The minimum atomic E-state index is -0.392. The van der Waals surface area contributed by atoms with Crippen molar-refractivity contribution >= 4 is 27.7 Å². The summed E-state index contributed by atoms with van der Waals surface area (Å²) in [5.74, 6) is 0.345. The zero-order valence-electron chi connectivity index (χ0n) is 9.70. The molecule has 17 heavy (non-hydrogen) atoms. The first kappa shape index (κ1) is 12.4. The van der Waals surface area contributed by atoms with E-state index in [2.05, 4.69) is 26.2 Å². The topological polar surface area (TPSA) is 51.2 Å². The normalized spacial score (nSPS) is 15.2. The molecule has 2 rings (SSSR count). The Balaban J connectivity index is 2.13. The van der Waals surface area contributed by atoms with Crippen LogP contribution < -0.4 is 5.32 Å². The van der Waals surface area contributed by atoms with Crippen LogP contribution in [-0.4, -0.2) is 23.6 Å². The molecule has 4 nitrogen and oxygen atoms in total. The number of aromatic nitrogens is 1. The maximum Gasteiger partial charge on any atom is 0.358 e. The van der Waals surface area contributed by atoms with Crippen LogP contribution in [0, 0.1) is 0 Å². The van der Waals surface area contributed by atoms with Gasteiger partial charge in [-0.15, -0.1) is 0 Å². The number of hydrogen-bond donors (Lipinski definition) is 1. The van der Waals surface area contributed by atoms with E-state index >= 15 is 0 Å². The number of carbonyl (C=O) groups excluding carboxylic acids is 1. The molecular weight excluding hydrogens is 284 g/mol. The number of esters is 1. The predicted octanol–water partition coefficient (Wildman–Crippen LogP) is 2.99. The van der Waals surface area contributed by atoms with E-state index in [0.717, 1.165) is 5.82 Å². The number of nitrogens with zero attached hydrogens (tertiary/aromatic N) is 1. The van der Waals surface area contributed by atoms with Gasteiger partial charge < -0.3 is 10.1 Å². The minimum Gasteiger partial charge on any atom is -0.461 e. The molecule has 0 bridgehead atoms. The molecule has 1 aliphatic rings. The Morgan fingerprint density at radius 1 is 1.59 bits per heavy atom. The second kappa shape index (κ2) is 5.49. The van der Waals surface area contributed by atoms with Gasteiger partial charge in [-0.05, 0) is 54.2 Å². The number of rotatable bonds is 4. The highest BCUT2D eigenvalue weighted by atomic mass is 79.9. The van der Waals surface area contributed by atoms with E-state index in [1.807, 2.05) is 12.1 Å². The minimum absolute atomic E-state index is 0.330. The van der Waals surface area contributed by atoms with E-state index in [4.69, 9.17) is 4.74 Å². The molecule has 0 unspecified atom stereocenters. The van der Waals surface area contributed by atoms with Crippen LogP contribution in [0.3, 0.4) is 0 Å². The zero-order chi connectivity index (χ0) is 12.3. The molecule has 92 valence electrons. The number of pyridine rings is 1. The maximum atomic E-state index is 11.6. The summed E-state index contributed by atoms with van der Waals surface area (Å²) in [5.41, 5.74) is 0.330. The zero-order valence-corrected chi connectivity index (χ0v) is 11.3. The van der Waals surface area contributed by atoms with Crippen LogP contribution in [0.25, 0.3) is 0 Å². The van der Waals surface area contributed by atoms with Crippen molar-refractivity contribution in [3.8, 4) is 0 Å². The Hall–Kier alpha value is -1.10. The average molecular weight is 299 g/mol. The molecule has 1 aliphatic carbocycles. The molecular formula is C12H15BrN2O2. The summed E-state index contributed by atoms with van der Waals surface area (Å²) < 4.78 is 5.61. The van der Waals surface area contributed by atoms with Gasteiger partial charge >= 0.3 is 5.97 Å². The van der Waals surface area contributed by atoms with Gasteiger partial charge in [0.05, 0.1) is 11.1 Å². The lowest BCUT2D eigenvalue weighted by Crippen LogP contribution is -2.27. The van der Waals surface area contributed by atoms with Crippen molar-refractivity contribution in [2.24, 2.45) is 0 Å². The molecule has 0 aromatic carbocycles. The molecule has 0 spiro atoms.